The molecule has 0 aromatic heterocycles. The number of nitrogens with zero attached hydrogens (tertiary/aromatic N) is 1. The van der Waals surface area contributed by atoms with Gasteiger partial charge in [-0.1, -0.05) is 35.9 Å². The van der Waals surface area contributed by atoms with Crippen LogP contribution in [0.15, 0.2) is 36.9 Å². The number of hydrogen-bond donors (Lipinski definition) is 1. The van der Waals surface area contributed by atoms with Gasteiger partial charge < -0.3 is 5.32 Å². The van der Waals surface area contributed by atoms with Gasteiger partial charge >= 0.3 is 0 Å². The van der Waals surface area contributed by atoms with Crippen LogP contribution in [0.25, 0.3) is 0 Å². The van der Waals surface area contributed by atoms with E-state index < -0.39 is 0 Å². The summed E-state index contributed by atoms with van der Waals surface area (Å²) in [6, 6.07) is 7.45. The molecule has 18 heavy (non-hydrogen) atoms. The van der Waals surface area contributed by atoms with Gasteiger partial charge in [-0.2, -0.15) is 0 Å². The Bertz CT molecular complexity index is 420. The van der Waals surface area contributed by atoms with Gasteiger partial charge in [0.2, 0.25) is 5.91 Å². The number of rotatable bonds is 6. The fourth-order valence-electron chi connectivity index (χ4n) is 1.55. The highest BCUT2D eigenvalue weighted by atomic mass is 35.5. The molecular weight excluding hydrogens is 248 g/mol. The highest BCUT2D eigenvalue weighted by Gasteiger charge is 2.17. The Hall–Kier alpha value is -1.32. The quantitative estimate of drug-likeness (QED) is 0.803. The van der Waals surface area contributed by atoms with Crippen molar-refractivity contribution in [2.24, 2.45) is 0 Å². The molecule has 1 N–H and O–H groups in total. The van der Waals surface area contributed by atoms with Gasteiger partial charge in [-0.05, 0) is 25.6 Å². The van der Waals surface area contributed by atoms with Gasteiger partial charge in [-0.15, -0.1) is 6.58 Å². The van der Waals surface area contributed by atoms with E-state index in [2.05, 4.69) is 11.9 Å². The molecule has 98 valence electrons. The van der Waals surface area contributed by atoms with Crippen molar-refractivity contribution in [3.8, 4) is 0 Å². The fourth-order valence-corrected chi connectivity index (χ4v) is 1.75. The predicted molar refractivity (Wildman–Crippen MR) is 75.6 cm³/mol. The first-order valence-electron chi connectivity index (χ1n) is 5.88. The van der Waals surface area contributed by atoms with E-state index in [1.807, 2.05) is 43.1 Å². The van der Waals surface area contributed by atoms with Gasteiger partial charge in [0.15, 0.2) is 0 Å². The number of nitrogens with one attached hydrogen (secondary N) is 1. The zero-order valence-electron chi connectivity index (χ0n) is 10.8. The van der Waals surface area contributed by atoms with E-state index in [-0.39, 0.29) is 11.9 Å². The number of carbonyl (C=O) groups excluding carboxylic acids is 1. The van der Waals surface area contributed by atoms with Crippen LogP contribution in [-0.4, -0.2) is 30.4 Å². The zero-order valence-corrected chi connectivity index (χ0v) is 11.6. The summed E-state index contributed by atoms with van der Waals surface area (Å²) >= 11 is 6.10. The molecule has 0 saturated carbocycles. The van der Waals surface area contributed by atoms with Crippen molar-refractivity contribution in [1.82, 2.24) is 10.2 Å². The maximum atomic E-state index is 11.8. The van der Waals surface area contributed by atoms with Crippen molar-refractivity contribution in [3.05, 3.63) is 47.5 Å². The molecular formula is C14H19ClN2O. The molecule has 1 aromatic rings. The third-order valence-electron chi connectivity index (χ3n) is 2.84. The summed E-state index contributed by atoms with van der Waals surface area (Å²) in [5, 5.41) is 3.51. The largest absolute Gasteiger partial charge is 0.351 e. The van der Waals surface area contributed by atoms with Gasteiger partial charge in [0.25, 0.3) is 0 Å². The zero-order chi connectivity index (χ0) is 13.5. The second kappa shape index (κ2) is 7.19. The van der Waals surface area contributed by atoms with E-state index in [1.165, 1.54) is 0 Å². The van der Waals surface area contributed by atoms with Crippen molar-refractivity contribution in [2.45, 2.75) is 19.5 Å². The van der Waals surface area contributed by atoms with Crippen molar-refractivity contribution in [1.29, 1.82) is 0 Å². The molecule has 0 heterocycles. The average Bonchev–Trinajstić information content (AvgIpc) is 2.37. The van der Waals surface area contributed by atoms with Crippen LogP contribution in [0.1, 0.15) is 12.5 Å². The second-order valence-corrected chi connectivity index (χ2v) is 4.62. The third-order valence-corrected chi connectivity index (χ3v) is 3.21. The van der Waals surface area contributed by atoms with Gasteiger partial charge in [0, 0.05) is 18.1 Å². The van der Waals surface area contributed by atoms with Crippen molar-refractivity contribution < 1.29 is 4.79 Å². The van der Waals surface area contributed by atoms with Gasteiger partial charge in [0.1, 0.15) is 0 Å². The van der Waals surface area contributed by atoms with E-state index in [0.717, 1.165) is 10.6 Å². The van der Waals surface area contributed by atoms with Crippen LogP contribution in [0, 0.1) is 0 Å². The summed E-state index contributed by atoms with van der Waals surface area (Å²) in [5.41, 5.74) is 1.02. The minimum atomic E-state index is -0.207. The highest BCUT2D eigenvalue weighted by Crippen LogP contribution is 2.17. The maximum absolute atomic E-state index is 11.8. The van der Waals surface area contributed by atoms with Crippen LogP contribution >= 0.6 is 11.6 Å². The fraction of sp³-hybridized carbons (Fsp3) is 0.357. The molecule has 1 rings (SSSR count). The molecule has 0 spiro atoms. The van der Waals surface area contributed by atoms with E-state index >= 15 is 0 Å². The van der Waals surface area contributed by atoms with Crippen LogP contribution < -0.4 is 5.32 Å². The van der Waals surface area contributed by atoms with E-state index in [4.69, 9.17) is 11.6 Å². The lowest BCUT2D eigenvalue weighted by molar-refractivity contribution is -0.125. The molecule has 1 amide bonds. The molecule has 0 fully saturated rings. The van der Waals surface area contributed by atoms with Gasteiger partial charge in [0.05, 0.1) is 6.04 Å². The van der Waals surface area contributed by atoms with Gasteiger partial charge in [-0.25, -0.2) is 0 Å². The van der Waals surface area contributed by atoms with Crippen LogP contribution in [0.2, 0.25) is 5.02 Å². The summed E-state index contributed by atoms with van der Waals surface area (Å²) in [5.74, 6) is -0.00977. The molecule has 0 aliphatic rings. The van der Waals surface area contributed by atoms with Crippen LogP contribution in [0.3, 0.4) is 0 Å². The SMILES string of the molecule is C=CCNC(=O)C(C)N(C)Cc1ccccc1Cl. The molecule has 0 bridgehead atoms. The van der Waals surface area contributed by atoms with Gasteiger partial charge in [-0.3, -0.25) is 9.69 Å². The molecule has 1 atom stereocenters. The van der Waals surface area contributed by atoms with Crippen molar-refractivity contribution in [2.75, 3.05) is 13.6 Å². The number of likely N-dealkylation sites (N-methyl/N-ethyl adjacent to an activating group) is 1. The Labute approximate surface area is 113 Å². The normalized spacial score (nSPS) is 12.2. The first kappa shape index (κ1) is 14.7. The number of halogens is 1. The third kappa shape index (κ3) is 4.17. The molecule has 0 aliphatic heterocycles. The minimum Gasteiger partial charge on any atom is -0.351 e. The first-order valence-corrected chi connectivity index (χ1v) is 6.26. The topological polar surface area (TPSA) is 32.3 Å². The summed E-state index contributed by atoms with van der Waals surface area (Å²) in [7, 11) is 1.90. The van der Waals surface area contributed by atoms with E-state index in [9.17, 15) is 4.79 Å². The molecule has 3 nitrogen and oxygen atoms in total. The molecule has 4 heteroatoms. The summed E-state index contributed by atoms with van der Waals surface area (Å²) in [6.07, 6.45) is 1.67. The summed E-state index contributed by atoms with van der Waals surface area (Å²) in [4.78, 5) is 13.7. The molecule has 1 aromatic carbocycles. The minimum absolute atomic E-state index is 0.00977. The first-order chi connectivity index (χ1) is 8.56. The lowest BCUT2D eigenvalue weighted by Gasteiger charge is -2.24. The highest BCUT2D eigenvalue weighted by molar-refractivity contribution is 6.31. The Morgan fingerprint density at radius 3 is 2.83 bits per heavy atom. The van der Waals surface area contributed by atoms with Crippen molar-refractivity contribution in [3.63, 3.8) is 0 Å². The number of hydrogen-bond acceptors (Lipinski definition) is 2. The predicted octanol–water partition coefficient (Wildman–Crippen LogP) is 2.46. The molecule has 0 aliphatic carbocycles. The lowest BCUT2D eigenvalue weighted by Crippen LogP contribution is -2.42. The van der Waals surface area contributed by atoms with E-state index in [0.29, 0.717) is 13.1 Å². The Morgan fingerprint density at radius 2 is 2.22 bits per heavy atom. The lowest BCUT2D eigenvalue weighted by atomic mass is 10.2. The summed E-state index contributed by atoms with van der Waals surface area (Å²) in [6.45, 7) is 6.57. The molecule has 1 unspecified atom stereocenters. The van der Waals surface area contributed by atoms with E-state index in [1.54, 1.807) is 6.08 Å². The van der Waals surface area contributed by atoms with Crippen molar-refractivity contribution >= 4 is 17.5 Å². The number of carbonyl (C=O) groups is 1. The Kier molecular flexibility index (Phi) is 5.89. The summed E-state index contributed by atoms with van der Waals surface area (Å²) < 4.78 is 0. The standard InChI is InChI=1S/C14H19ClN2O/c1-4-9-16-14(18)11(2)17(3)10-12-7-5-6-8-13(12)15/h4-8,11H,1,9-10H2,2-3H3,(H,16,18). The second-order valence-electron chi connectivity index (χ2n) is 4.22. The molecule has 0 radical (unpaired) electrons. The molecule has 0 saturated heterocycles. The van der Waals surface area contributed by atoms with Crippen LogP contribution in [-0.2, 0) is 11.3 Å². The number of amides is 1. The Balaban J connectivity index is 2.59. The van der Waals surface area contributed by atoms with Crippen LogP contribution in [0.4, 0.5) is 0 Å². The number of benzene rings is 1. The maximum Gasteiger partial charge on any atom is 0.237 e. The smallest absolute Gasteiger partial charge is 0.237 e. The average molecular weight is 267 g/mol. The monoisotopic (exact) mass is 266 g/mol. The van der Waals surface area contributed by atoms with Crippen LogP contribution in [0.5, 0.6) is 0 Å². The Morgan fingerprint density at radius 1 is 1.56 bits per heavy atom.